The lowest BCUT2D eigenvalue weighted by atomic mass is 10.1. The van der Waals surface area contributed by atoms with Crippen LogP contribution in [-0.4, -0.2) is 109 Å². The highest BCUT2D eigenvalue weighted by Crippen LogP contribution is 2.13. The Hall–Kier alpha value is -1.33. The van der Waals surface area contributed by atoms with Gasteiger partial charge in [0.05, 0.1) is 39.8 Å². The predicted octanol–water partition coefficient (Wildman–Crippen LogP) is 11.7. The van der Waals surface area contributed by atoms with Gasteiger partial charge < -0.3 is 41.4 Å². The number of quaternary nitrogens is 1. The summed E-state index contributed by atoms with van der Waals surface area (Å²) < 4.78 is 13.6. The average Bonchev–Trinajstić information content (AvgIpc) is 3.27. The van der Waals surface area contributed by atoms with Crippen molar-refractivity contribution >= 4 is 5.91 Å². The SMILES string of the molecule is CCCCCCCC/C=C\CCCCCCCCOCC(C[N+](C)(C)CCNC(=O)C(CCCNCCCN)NCCCN)OCCCCCCCC/C=C\CCCCCCCC. The lowest BCUT2D eigenvalue weighted by Gasteiger charge is -2.33. The van der Waals surface area contributed by atoms with Gasteiger partial charge >= 0.3 is 0 Å². The molecular weight excluding hydrogens is 781 g/mol. The zero-order valence-corrected chi connectivity index (χ0v) is 42.7. The van der Waals surface area contributed by atoms with Crippen LogP contribution in [0.25, 0.3) is 0 Å². The summed E-state index contributed by atoms with van der Waals surface area (Å²) in [7, 11) is 4.50. The lowest BCUT2D eigenvalue weighted by Crippen LogP contribution is -2.52. The molecule has 0 fully saturated rings. The number of unbranched alkanes of at least 4 members (excludes halogenated alkanes) is 24. The van der Waals surface area contributed by atoms with Crippen LogP contribution in [0.1, 0.15) is 219 Å². The van der Waals surface area contributed by atoms with Crippen molar-refractivity contribution in [1.29, 1.82) is 0 Å². The molecular formula is C54H111N6O3+. The number of nitrogens with zero attached hydrogens (tertiary/aromatic N) is 1. The molecule has 0 spiro atoms. The van der Waals surface area contributed by atoms with E-state index in [0.29, 0.717) is 26.2 Å². The number of rotatable bonds is 52. The van der Waals surface area contributed by atoms with E-state index in [1.165, 1.54) is 167 Å². The molecule has 2 unspecified atom stereocenters. The minimum atomic E-state index is -0.203. The summed E-state index contributed by atoms with van der Waals surface area (Å²) in [5.41, 5.74) is 11.4. The average molecular weight is 893 g/mol. The van der Waals surface area contributed by atoms with Gasteiger partial charge in [0.2, 0.25) is 5.91 Å². The molecule has 0 rings (SSSR count). The molecule has 0 heterocycles. The normalized spacial score (nSPS) is 13.2. The Morgan fingerprint density at radius 3 is 1.49 bits per heavy atom. The Morgan fingerprint density at radius 1 is 0.540 bits per heavy atom. The molecule has 9 nitrogen and oxygen atoms in total. The Balaban J connectivity index is 4.64. The monoisotopic (exact) mass is 892 g/mol. The van der Waals surface area contributed by atoms with Gasteiger partial charge in [-0.3, -0.25) is 4.79 Å². The predicted molar refractivity (Wildman–Crippen MR) is 276 cm³/mol. The van der Waals surface area contributed by atoms with E-state index in [2.05, 4.69) is 68.2 Å². The maximum Gasteiger partial charge on any atom is 0.237 e. The molecule has 0 aliphatic heterocycles. The Morgan fingerprint density at radius 2 is 0.984 bits per heavy atom. The highest BCUT2D eigenvalue weighted by atomic mass is 16.5. The third kappa shape index (κ3) is 47.0. The molecule has 374 valence electrons. The molecule has 0 aromatic heterocycles. The lowest BCUT2D eigenvalue weighted by molar-refractivity contribution is -0.892. The summed E-state index contributed by atoms with van der Waals surface area (Å²) >= 11 is 0. The summed E-state index contributed by atoms with van der Waals surface area (Å²) in [6, 6.07) is -0.203. The topological polar surface area (TPSA) is 124 Å². The maximum atomic E-state index is 13.3. The largest absolute Gasteiger partial charge is 0.379 e. The number of hydrogen-bond acceptors (Lipinski definition) is 7. The number of carbonyl (C=O) groups is 1. The van der Waals surface area contributed by atoms with Crippen LogP contribution in [0.4, 0.5) is 0 Å². The van der Waals surface area contributed by atoms with E-state index >= 15 is 0 Å². The Labute approximate surface area is 392 Å². The van der Waals surface area contributed by atoms with Crippen LogP contribution in [-0.2, 0) is 14.3 Å². The highest BCUT2D eigenvalue weighted by Gasteiger charge is 2.24. The number of nitrogens with one attached hydrogen (secondary N) is 3. The Kier molecular flexibility index (Phi) is 49.0. The van der Waals surface area contributed by atoms with Gasteiger partial charge in [0.25, 0.3) is 0 Å². The van der Waals surface area contributed by atoms with Crippen molar-refractivity contribution in [2.45, 2.75) is 231 Å². The highest BCUT2D eigenvalue weighted by molar-refractivity contribution is 5.81. The summed E-state index contributed by atoms with van der Waals surface area (Å²) in [5.74, 6) is 0.0840. The zero-order chi connectivity index (χ0) is 46.0. The second-order valence-electron chi connectivity index (χ2n) is 19.3. The third-order valence-electron chi connectivity index (χ3n) is 12.3. The molecule has 0 saturated heterocycles. The molecule has 0 aromatic carbocycles. The van der Waals surface area contributed by atoms with Crippen molar-refractivity contribution in [3.63, 3.8) is 0 Å². The van der Waals surface area contributed by atoms with Crippen LogP contribution in [0.5, 0.6) is 0 Å². The molecule has 0 aliphatic carbocycles. The van der Waals surface area contributed by atoms with Crippen LogP contribution >= 0.6 is 0 Å². The van der Waals surface area contributed by atoms with Crippen LogP contribution in [0.2, 0.25) is 0 Å². The first-order valence-corrected chi connectivity index (χ1v) is 27.3. The molecule has 0 aromatic rings. The fourth-order valence-electron chi connectivity index (χ4n) is 8.15. The number of hydrogen-bond donors (Lipinski definition) is 5. The van der Waals surface area contributed by atoms with Gasteiger partial charge in [-0.05, 0) is 123 Å². The van der Waals surface area contributed by atoms with Gasteiger partial charge in [-0.2, -0.15) is 0 Å². The van der Waals surface area contributed by atoms with Gasteiger partial charge in [-0.25, -0.2) is 0 Å². The number of carbonyl (C=O) groups excluding carboxylic acids is 1. The van der Waals surface area contributed by atoms with Crippen LogP contribution in [0.3, 0.4) is 0 Å². The quantitative estimate of drug-likeness (QED) is 0.0234. The first-order valence-electron chi connectivity index (χ1n) is 27.3. The van der Waals surface area contributed by atoms with Crippen molar-refractivity contribution in [2.24, 2.45) is 11.5 Å². The van der Waals surface area contributed by atoms with Gasteiger partial charge in [-0.1, -0.05) is 154 Å². The van der Waals surface area contributed by atoms with Crippen LogP contribution in [0.15, 0.2) is 24.3 Å². The zero-order valence-electron chi connectivity index (χ0n) is 42.7. The van der Waals surface area contributed by atoms with Crippen molar-refractivity contribution in [2.75, 3.05) is 86.3 Å². The summed E-state index contributed by atoms with van der Waals surface area (Å²) in [5, 5.41) is 10.1. The molecule has 2 atom stereocenters. The van der Waals surface area contributed by atoms with Crippen LogP contribution < -0.4 is 27.4 Å². The van der Waals surface area contributed by atoms with E-state index in [0.717, 1.165) is 88.9 Å². The van der Waals surface area contributed by atoms with E-state index in [1.54, 1.807) is 0 Å². The molecule has 0 aliphatic rings. The molecule has 9 heteroatoms. The molecule has 0 saturated carbocycles. The minimum absolute atomic E-state index is 0.0467. The van der Waals surface area contributed by atoms with Crippen LogP contribution in [0, 0.1) is 0 Å². The number of nitrogens with two attached hydrogens (primary N) is 2. The smallest absolute Gasteiger partial charge is 0.237 e. The van der Waals surface area contributed by atoms with Crippen molar-refractivity contribution in [3.05, 3.63) is 24.3 Å². The number of amides is 1. The number of likely N-dealkylation sites (N-methyl/N-ethyl adjacent to an activating group) is 1. The summed E-state index contributed by atoms with van der Waals surface area (Å²) in [6.45, 7) is 13.0. The maximum absolute atomic E-state index is 13.3. The Bertz CT molecular complexity index is 979. The van der Waals surface area contributed by atoms with E-state index < -0.39 is 0 Å². The van der Waals surface area contributed by atoms with E-state index in [-0.39, 0.29) is 18.1 Å². The summed E-state index contributed by atoms with van der Waals surface area (Å²) in [4.78, 5) is 13.3. The number of allylic oxidation sites excluding steroid dienone is 4. The fraction of sp³-hybridized carbons (Fsp3) is 0.907. The number of ether oxygens (including phenoxy) is 2. The minimum Gasteiger partial charge on any atom is -0.379 e. The molecule has 1 amide bonds. The molecule has 63 heavy (non-hydrogen) atoms. The first-order chi connectivity index (χ1) is 30.9. The van der Waals surface area contributed by atoms with Gasteiger partial charge in [0.15, 0.2) is 0 Å². The van der Waals surface area contributed by atoms with Crippen molar-refractivity contribution in [3.8, 4) is 0 Å². The third-order valence-corrected chi connectivity index (χ3v) is 12.3. The molecule has 0 radical (unpaired) electrons. The van der Waals surface area contributed by atoms with E-state index in [9.17, 15) is 4.79 Å². The second kappa shape index (κ2) is 50.1. The standard InChI is InChI=1S/C54H110N6O3/c1-5-7-9-11-13-15-17-19-21-23-25-27-29-31-33-35-48-62-51-52(63-49-36-34-32-30-28-26-24-22-20-18-16-14-12-10-8-6-2)50-60(3,4)47-46-59-54(61)53(58-45-39-42-56)40-37-43-57-44-38-41-55/h19-22,52-53,57-58H,5-18,23-51,55-56H2,1-4H3/p+1/b21-19-,22-20-. The fourth-order valence-corrected chi connectivity index (χ4v) is 8.15. The van der Waals surface area contributed by atoms with Gasteiger partial charge in [0, 0.05) is 13.2 Å². The summed E-state index contributed by atoms with van der Waals surface area (Å²) in [6.07, 6.45) is 50.0. The van der Waals surface area contributed by atoms with Crippen molar-refractivity contribution in [1.82, 2.24) is 16.0 Å². The molecule has 0 bridgehead atoms. The molecule has 7 N–H and O–H groups in total. The van der Waals surface area contributed by atoms with E-state index in [4.69, 9.17) is 20.9 Å². The first kappa shape index (κ1) is 61.7. The second-order valence-corrected chi connectivity index (χ2v) is 19.3. The van der Waals surface area contributed by atoms with Gasteiger partial charge in [0.1, 0.15) is 12.6 Å². The van der Waals surface area contributed by atoms with Crippen molar-refractivity contribution < 1.29 is 18.8 Å². The van der Waals surface area contributed by atoms with E-state index in [1.807, 2.05) is 0 Å². The van der Waals surface area contributed by atoms with Gasteiger partial charge in [-0.15, -0.1) is 0 Å².